The van der Waals surface area contributed by atoms with Crippen LogP contribution in [0.15, 0.2) is 72.3 Å². The van der Waals surface area contributed by atoms with Gasteiger partial charge in [-0.25, -0.2) is 4.98 Å². The van der Waals surface area contributed by atoms with Crippen molar-refractivity contribution < 1.29 is 66.5 Å². The molecule has 0 saturated carbocycles. The molecule has 1 aromatic heterocycles. The van der Waals surface area contributed by atoms with Gasteiger partial charge >= 0.3 is 6.08 Å². The van der Waals surface area contributed by atoms with Crippen LogP contribution in [0.5, 0.6) is 11.5 Å². The smallest absolute Gasteiger partial charge is 0.310 e. The minimum atomic E-state index is -5.54. The van der Waals surface area contributed by atoms with E-state index in [1.165, 1.54) is 25.1 Å². The predicted molar refractivity (Wildman–Crippen MR) is 170 cm³/mol. The van der Waals surface area contributed by atoms with Crippen molar-refractivity contribution in [3.63, 3.8) is 0 Å². The largest absolute Gasteiger partial charge is 0.505 e. The van der Waals surface area contributed by atoms with Crippen molar-refractivity contribution in [3.8, 4) is 11.5 Å². The van der Waals surface area contributed by atoms with Crippen LogP contribution >= 0.6 is 11.6 Å². The third-order valence-electron chi connectivity index (χ3n) is 6.78. The highest BCUT2D eigenvalue weighted by Gasteiger charge is 2.29. The van der Waals surface area contributed by atoms with Crippen molar-refractivity contribution in [1.29, 1.82) is 0 Å². The molecular formula is C25H17ClFN5O14S4. The Hall–Kier alpha value is -4.66. The van der Waals surface area contributed by atoms with E-state index in [2.05, 4.69) is 25.5 Å². The van der Waals surface area contributed by atoms with E-state index in [9.17, 15) is 66.5 Å². The number of phenolic OH excluding ortho intramolecular Hbond substituents is 2. The molecule has 264 valence electrons. The van der Waals surface area contributed by atoms with Gasteiger partial charge in [0.05, 0.1) is 10.6 Å². The summed E-state index contributed by atoms with van der Waals surface area (Å²) in [6.45, 7) is 1.40. The van der Waals surface area contributed by atoms with E-state index in [0.717, 1.165) is 6.07 Å². The van der Waals surface area contributed by atoms with Crippen LogP contribution in [0.4, 0.5) is 27.3 Å². The van der Waals surface area contributed by atoms with Crippen molar-refractivity contribution in [2.45, 2.75) is 26.5 Å². The number of azo groups is 1. The van der Waals surface area contributed by atoms with Crippen molar-refractivity contribution in [2.24, 2.45) is 10.2 Å². The standard InChI is InChI=1S/C25H17ClFN5O14S4/c1-9-20(26)24(30-25(27)28-9)29-11-2-3-13-10(4-11)5-18(50(44,45)46)21(22(13)33)32-31-15-8-16(48(38,39)40)14-6-12(47(35,36)37)7-17(49(41,42)43)19(14)23(15)34/h2-8,33-34H,1H3,(H,28,29,30)(H,35,36,37)(H,38,39,40)(H,41,42,43)(H,44,45,46). The molecule has 1 heterocycles. The van der Waals surface area contributed by atoms with E-state index in [0.29, 0.717) is 12.1 Å². The van der Waals surface area contributed by atoms with Crippen LogP contribution in [0.1, 0.15) is 5.69 Å². The van der Waals surface area contributed by atoms with Gasteiger partial charge in [-0.3, -0.25) is 18.2 Å². The molecule has 0 aliphatic carbocycles. The number of rotatable bonds is 8. The lowest BCUT2D eigenvalue weighted by Gasteiger charge is -2.13. The first-order valence-corrected chi connectivity index (χ1v) is 18.9. The monoisotopic (exact) mass is 793 g/mol. The number of aromatic nitrogens is 2. The molecule has 5 aromatic rings. The highest BCUT2D eigenvalue weighted by atomic mass is 35.5. The maximum Gasteiger partial charge on any atom is 0.310 e. The summed E-state index contributed by atoms with van der Waals surface area (Å²) in [4.78, 5) is 1.78. The highest BCUT2D eigenvalue weighted by molar-refractivity contribution is 7.87. The molecule has 0 aliphatic heterocycles. The van der Waals surface area contributed by atoms with E-state index in [1.54, 1.807) is 0 Å². The van der Waals surface area contributed by atoms with Crippen molar-refractivity contribution in [3.05, 3.63) is 59.3 Å². The van der Waals surface area contributed by atoms with Gasteiger partial charge in [-0.15, -0.1) is 10.2 Å². The van der Waals surface area contributed by atoms with Crippen LogP contribution in [-0.2, 0) is 40.5 Å². The van der Waals surface area contributed by atoms with Gasteiger partial charge in [0, 0.05) is 21.8 Å². The summed E-state index contributed by atoms with van der Waals surface area (Å²) in [5, 5.41) is 29.1. The summed E-state index contributed by atoms with van der Waals surface area (Å²) in [5.74, 6) is -2.49. The second-order valence-electron chi connectivity index (χ2n) is 10.1. The molecule has 0 bridgehead atoms. The van der Waals surface area contributed by atoms with Gasteiger partial charge in [-0.2, -0.15) is 43.0 Å². The van der Waals surface area contributed by atoms with Crippen LogP contribution < -0.4 is 5.32 Å². The Morgan fingerprint density at radius 2 is 1.34 bits per heavy atom. The Morgan fingerprint density at radius 3 is 1.92 bits per heavy atom. The van der Waals surface area contributed by atoms with E-state index in [-0.39, 0.29) is 39.1 Å². The predicted octanol–water partition coefficient (Wildman–Crippen LogP) is 4.44. The molecule has 5 rings (SSSR count). The van der Waals surface area contributed by atoms with Crippen LogP contribution in [-0.4, -0.2) is 72.1 Å². The summed E-state index contributed by atoms with van der Waals surface area (Å²) in [7, 11) is -21.6. The second-order valence-corrected chi connectivity index (χ2v) is 16.0. The molecule has 7 N–H and O–H groups in total. The number of nitrogens with one attached hydrogen (secondary N) is 1. The van der Waals surface area contributed by atoms with Crippen LogP contribution in [0.3, 0.4) is 0 Å². The van der Waals surface area contributed by atoms with E-state index < -0.39 is 99.8 Å². The first-order valence-electron chi connectivity index (χ1n) is 12.8. The lowest BCUT2D eigenvalue weighted by molar-refractivity contribution is 0.470. The Bertz CT molecular complexity index is 2800. The molecule has 0 aliphatic rings. The minimum absolute atomic E-state index is 0.0552. The van der Waals surface area contributed by atoms with Gasteiger partial charge in [0.1, 0.15) is 31.1 Å². The number of nitrogens with zero attached hydrogens (tertiary/aromatic N) is 4. The second kappa shape index (κ2) is 12.3. The summed E-state index contributed by atoms with van der Waals surface area (Å²) in [6, 6.07) is 5.33. The third-order valence-corrected chi connectivity index (χ3v) is 10.7. The zero-order valence-electron chi connectivity index (χ0n) is 24.2. The molecular weight excluding hydrogens is 777 g/mol. The van der Waals surface area contributed by atoms with Gasteiger partial charge in [-0.05, 0) is 54.8 Å². The molecule has 50 heavy (non-hydrogen) atoms. The van der Waals surface area contributed by atoms with Gasteiger partial charge < -0.3 is 15.5 Å². The Kier molecular flexibility index (Phi) is 9.00. The average Bonchev–Trinajstić information content (AvgIpc) is 2.97. The molecule has 0 saturated heterocycles. The minimum Gasteiger partial charge on any atom is -0.505 e. The molecule has 0 radical (unpaired) electrons. The fraction of sp³-hybridized carbons (Fsp3) is 0.0400. The van der Waals surface area contributed by atoms with Crippen LogP contribution in [0.2, 0.25) is 5.02 Å². The summed E-state index contributed by atoms with van der Waals surface area (Å²) < 4.78 is 150. The van der Waals surface area contributed by atoms with Crippen molar-refractivity contribution in [1.82, 2.24) is 9.97 Å². The zero-order valence-corrected chi connectivity index (χ0v) is 28.2. The fourth-order valence-corrected chi connectivity index (χ4v) is 7.48. The Morgan fingerprint density at radius 1 is 0.720 bits per heavy atom. The number of benzene rings is 4. The van der Waals surface area contributed by atoms with Gasteiger partial charge in [0.25, 0.3) is 40.5 Å². The maximum absolute atomic E-state index is 13.8. The van der Waals surface area contributed by atoms with Gasteiger partial charge in [0.2, 0.25) is 0 Å². The summed E-state index contributed by atoms with van der Waals surface area (Å²) >= 11 is 6.11. The van der Waals surface area contributed by atoms with Crippen LogP contribution in [0.25, 0.3) is 21.5 Å². The number of anilines is 2. The van der Waals surface area contributed by atoms with Gasteiger partial charge in [-0.1, -0.05) is 11.6 Å². The first-order chi connectivity index (χ1) is 22.9. The molecule has 0 unspecified atom stereocenters. The Balaban J connectivity index is 1.75. The number of aryl methyl sites for hydroxylation is 1. The van der Waals surface area contributed by atoms with Crippen LogP contribution in [0, 0.1) is 13.0 Å². The quantitative estimate of drug-likeness (QED) is 0.0648. The molecule has 4 aromatic carbocycles. The molecule has 0 spiro atoms. The molecule has 0 amide bonds. The zero-order chi connectivity index (χ0) is 37.3. The number of fused-ring (bicyclic) bond motifs is 2. The summed E-state index contributed by atoms with van der Waals surface area (Å²) in [6.07, 6.45) is -1.12. The fourth-order valence-electron chi connectivity index (χ4n) is 4.64. The van der Waals surface area contributed by atoms with E-state index in [4.69, 9.17) is 11.6 Å². The third kappa shape index (κ3) is 7.00. The molecule has 0 atom stereocenters. The van der Waals surface area contributed by atoms with Crippen molar-refractivity contribution in [2.75, 3.05) is 5.32 Å². The van der Waals surface area contributed by atoms with E-state index in [1.807, 2.05) is 0 Å². The number of halogens is 2. The number of hydrogen-bond donors (Lipinski definition) is 7. The average molecular weight is 794 g/mol. The van der Waals surface area contributed by atoms with Gasteiger partial charge in [0.15, 0.2) is 17.3 Å². The van der Waals surface area contributed by atoms with E-state index >= 15 is 0 Å². The number of aromatic hydroxyl groups is 2. The SMILES string of the molecule is Cc1nc(F)nc(Nc2ccc3c(O)c(N=Nc4cc(S(=O)(=O)O)c5cc(S(=O)(=O)O)cc(S(=O)(=O)O)c5c4O)c(S(=O)(=O)O)cc3c2)c1Cl. The topological polar surface area (TPSA) is 320 Å². The Labute approximate surface area is 284 Å². The molecule has 0 fully saturated rings. The highest BCUT2D eigenvalue weighted by Crippen LogP contribution is 2.46. The molecule has 25 heteroatoms. The van der Waals surface area contributed by atoms with Crippen molar-refractivity contribution >= 4 is 96.5 Å². The maximum atomic E-state index is 13.8. The number of phenols is 2. The normalized spacial score (nSPS) is 13.0. The first kappa shape index (κ1) is 36.6. The lowest BCUT2D eigenvalue weighted by Crippen LogP contribution is -2.07. The molecule has 19 nitrogen and oxygen atoms in total. The lowest BCUT2D eigenvalue weighted by atomic mass is 10.1. The number of hydrogen-bond acceptors (Lipinski definition) is 15. The summed E-state index contributed by atoms with van der Waals surface area (Å²) in [5.41, 5.74) is -1.87.